The highest BCUT2D eigenvalue weighted by Crippen LogP contribution is 2.24. The normalized spacial score (nSPS) is 12.6. The van der Waals surface area contributed by atoms with Crippen LogP contribution in [0.2, 0.25) is 0 Å². The summed E-state index contributed by atoms with van der Waals surface area (Å²) < 4.78 is 18.9. The van der Waals surface area contributed by atoms with Gasteiger partial charge in [-0.1, -0.05) is 30.3 Å². The smallest absolute Gasteiger partial charge is 0.261 e. The predicted octanol–water partition coefficient (Wildman–Crippen LogP) is 4.29. The average molecular weight is 446 g/mol. The molecular weight excluding hydrogens is 423 g/mol. The molecule has 0 unspecified atom stereocenters. The molecule has 0 saturated carbocycles. The van der Waals surface area contributed by atoms with Gasteiger partial charge in [0.15, 0.2) is 11.6 Å². The number of rotatable bonds is 7. The molecule has 0 fully saturated rings. The van der Waals surface area contributed by atoms with Crippen LogP contribution in [0.3, 0.4) is 0 Å². The number of amides is 3. The van der Waals surface area contributed by atoms with E-state index < -0.39 is 5.82 Å². The molecule has 1 aliphatic rings. The summed E-state index contributed by atoms with van der Waals surface area (Å²) in [5, 5.41) is 0. The van der Waals surface area contributed by atoms with Gasteiger partial charge >= 0.3 is 0 Å². The first-order chi connectivity index (χ1) is 15.9. The van der Waals surface area contributed by atoms with Gasteiger partial charge < -0.3 is 9.64 Å². The van der Waals surface area contributed by atoms with Crippen molar-refractivity contribution in [2.45, 2.75) is 20.0 Å². The molecule has 4 rings (SSSR count). The molecule has 0 spiro atoms. The molecule has 1 aliphatic heterocycles. The van der Waals surface area contributed by atoms with Gasteiger partial charge in [0.1, 0.15) is 0 Å². The fraction of sp³-hybridized carbons (Fsp3) is 0.192. The third kappa shape index (κ3) is 4.35. The number of carbonyl (C=O) groups is 3. The van der Waals surface area contributed by atoms with Crippen molar-refractivity contribution in [1.82, 2.24) is 9.80 Å². The quantitative estimate of drug-likeness (QED) is 0.508. The molecule has 168 valence electrons. The number of nitrogens with zero attached hydrogens (tertiary/aromatic N) is 2. The second kappa shape index (κ2) is 9.24. The first kappa shape index (κ1) is 22.2. The largest absolute Gasteiger partial charge is 0.494 e. The number of imide groups is 1. The van der Waals surface area contributed by atoms with Gasteiger partial charge in [-0.2, -0.15) is 0 Å². The summed E-state index contributed by atoms with van der Waals surface area (Å²) in [5.74, 6) is -1.15. The van der Waals surface area contributed by atoms with E-state index in [9.17, 15) is 18.8 Å². The van der Waals surface area contributed by atoms with E-state index in [0.717, 1.165) is 5.56 Å². The number of carbonyl (C=O) groups excluding carboxylic acids is 3. The van der Waals surface area contributed by atoms with Crippen molar-refractivity contribution in [2.75, 3.05) is 13.7 Å². The Morgan fingerprint density at radius 1 is 0.939 bits per heavy atom. The standard InChI is InChI=1S/C26H23FN2O4/c1-3-28(15-18-10-13-23(33-2)22(27)14-18)24(30)19-11-8-17(9-12-19)16-29-25(31)20-6-4-5-7-21(20)26(29)32/h4-14H,3,15-16H2,1-2H3. The van der Waals surface area contributed by atoms with Gasteiger partial charge in [-0.05, 0) is 54.4 Å². The average Bonchev–Trinajstić information content (AvgIpc) is 3.07. The van der Waals surface area contributed by atoms with Gasteiger partial charge in [0.25, 0.3) is 17.7 Å². The van der Waals surface area contributed by atoms with Crippen molar-refractivity contribution < 1.29 is 23.5 Å². The lowest BCUT2D eigenvalue weighted by atomic mass is 10.1. The fourth-order valence-electron chi connectivity index (χ4n) is 3.86. The van der Waals surface area contributed by atoms with Crippen LogP contribution in [0, 0.1) is 5.82 Å². The van der Waals surface area contributed by atoms with E-state index in [1.54, 1.807) is 59.5 Å². The highest BCUT2D eigenvalue weighted by atomic mass is 19.1. The number of hydrogen-bond acceptors (Lipinski definition) is 4. The van der Waals surface area contributed by atoms with Crippen LogP contribution in [-0.4, -0.2) is 41.2 Å². The second-order valence-electron chi connectivity index (χ2n) is 7.73. The zero-order chi connectivity index (χ0) is 23.5. The van der Waals surface area contributed by atoms with Gasteiger partial charge in [0.05, 0.1) is 24.8 Å². The Hall–Kier alpha value is -4.00. The zero-order valence-corrected chi connectivity index (χ0v) is 18.4. The Morgan fingerprint density at radius 2 is 1.55 bits per heavy atom. The van der Waals surface area contributed by atoms with Crippen LogP contribution in [0.1, 0.15) is 49.1 Å². The maximum atomic E-state index is 14.0. The first-order valence-corrected chi connectivity index (χ1v) is 10.6. The SMILES string of the molecule is CCN(Cc1ccc(OC)c(F)c1)C(=O)c1ccc(CN2C(=O)c3ccccc3C2=O)cc1. The molecule has 3 aromatic rings. The number of hydrogen-bond donors (Lipinski definition) is 0. The first-order valence-electron chi connectivity index (χ1n) is 10.6. The maximum absolute atomic E-state index is 14.0. The number of fused-ring (bicyclic) bond motifs is 1. The van der Waals surface area contributed by atoms with E-state index in [1.165, 1.54) is 24.1 Å². The third-order valence-corrected chi connectivity index (χ3v) is 5.68. The van der Waals surface area contributed by atoms with Crippen molar-refractivity contribution in [3.63, 3.8) is 0 Å². The predicted molar refractivity (Wildman–Crippen MR) is 120 cm³/mol. The Kier molecular flexibility index (Phi) is 6.22. The maximum Gasteiger partial charge on any atom is 0.261 e. The lowest BCUT2D eigenvalue weighted by molar-refractivity contribution is 0.0641. The molecule has 3 aromatic carbocycles. The minimum absolute atomic E-state index is 0.128. The van der Waals surface area contributed by atoms with Crippen LogP contribution in [0.5, 0.6) is 5.75 Å². The fourth-order valence-corrected chi connectivity index (χ4v) is 3.86. The topological polar surface area (TPSA) is 66.9 Å². The van der Waals surface area contributed by atoms with Crippen molar-refractivity contribution in [1.29, 1.82) is 0 Å². The van der Waals surface area contributed by atoms with Crippen LogP contribution in [0.4, 0.5) is 4.39 Å². The molecule has 0 atom stereocenters. The van der Waals surface area contributed by atoms with Crippen molar-refractivity contribution in [3.05, 3.63) is 100 Å². The molecule has 0 bridgehead atoms. The van der Waals surface area contributed by atoms with Gasteiger partial charge in [0.2, 0.25) is 0 Å². The summed E-state index contributed by atoms with van der Waals surface area (Å²) >= 11 is 0. The summed E-state index contributed by atoms with van der Waals surface area (Å²) in [6, 6.07) is 18.2. The summed E-state index contributed by atoms with van der Waals surface area (Å²) in [6.45, 7) is 2.69. The minimum Gasteiger partial charge on any atom is -0.494 e. The number of methoxy groups -OCH3 is 1. The summed E-state index contributed by atoms with van der Waals surface area (Å²) in [6.07, 6.45) is 0. The van der Waals surface area contributed by atoms with Crippen LogP contribution in [0.15, 0.2) is 66.7 Å². The lowest BCUT2D eigenvalue weighted by Gasteiger charge is -2.21. The molecule has 0 aromatic heterocycles. The summed E-state index contributed by atoms with van der Waals surface area (Å²) in [4.78, 5) is 40.9. The molecule has 3 amide bonds. The zero-order valence-electron chi connectivity index (χ0n) is 18.4. The molecule has 0 radical (unpaired) electrons. The van der Waals surface area contributed by atoms with Crippen molar-refractivity contribution >= 4 is 17.7 Å². The van der Waals surface area contributed by atoms with E-state index in [-0.39, 0.29) is 36.6 Å². The lowest BCUT2D eigenvalue weighted by Crippen LogP contribution is -2.30. The van der Waals surface area contributed by atoms with E-state index >= 15 is 0 Å². The molecule has 1 heterocycles. The van der Waals surface area contributed by atoms with E-state index in [1.807, 2.05) is 6.92 Å². The molecule has 0 aliphatic carbocycles. The van der Waals surface area contributed by atoms with Gasteiger partial charge in [-0.15, -0.1) is 0 Å². The number of halogens is 1. The van der Waals surface area contributed by atoms with Crippen molar-refractivity contribution in [3.8, 4) is 5.75 Å². The summed E-state index contributed by atoms with van der Waals surface area (Å²) in [5.41, 5.74) is 2.68. The number of ether oxygens (including phenoxy) is 1. The molecule has 0 N–H and O–H groups in total. The minimum atomic E-state index is -0.476. The molecule has 0 saturated heterocycles. The highest BCUT2D eigenvalue weighted by Gasteiger charge is 2.34. The third-order valence-electron chi connectivity index (χ3n) is 5.68. The van der Waals surface area contributed by atoms with Crippen LogP contribution >= 0.6 is 0 Å². The van der Waals surface area contributed by atoms with Gasteiger partial charge in [-0.25, -0.2) is 4.39 Å². The van der Waals surface area contributed by atoms with Gasteiger partial charge in [0, 0.05) is 18.7 Å². The Morgan fingerprint density at radius 3 is 2.09 bits per heavy atom. The molecule has 33 heavy (non-hydrogen) atoms. The highest BCUT2D eigenvalue weighted by molar-refractivity contribution is 6.21. The van der Waals surface area contributed by atoms with Gasteiger partial charge in [-0.3, -0.25) is 19.3 Å². The van der Waals surface area contributed by atoms with E-state index in [2.05, 4.69) is 0 Å². The molecule has 6 nitrogen and oxygen atoms in total. The van der Waals surface area contributed by atoms with E-state index in [4.69, 9.17) is 4.74 Å². The monoisotopic (exact) mass is 446 g/mol. The number of benzene rings is 3. The van der Waals surface area contributed by atoms with Crippen LogP contribution in [-0.2, 0) is 13.1 Å². The Balaban J connectivity index is 1.45. The Labute approximate surface area is 191 Å². The van der Waals surface area contributed by atoms with Crippen LogP contribution < -0.4 is 4.74 Å². The molecular formula is C26H23FN2O4. The molecule has 7 heteroatoms. The van der Waals surface area contributed by atoms with E-state index in [0.29, 0.717) is 28.8 Å². The second-order valence-corrected chi connectivity index (χ2v) is 7.73. The van der Waals surface area contributed by atoms with Crippen LogP contribution in [0.25, 0.3) is 0 Å². The summed E-state index contributed by atoms with van der Waals surface area (Å²) in [7, 11) is 1.40. The van der Waals surface area contributed by atoms with Crippen molar-refractivity contribution in [2.24, 2.45) is 0 Å². The Bertz CT molecular complexity index is 1190.